The van der Waals surface area contributed by atoms with Crippen LogP contribution in [0, 0.1) is 13.8 Å². The molecule has 0 aliphatic rings. The van der Waals surface area contributed by atoms with Gasteiger partial charge in [0.15, 0.2) is 0 Å². The molecule has 0 saturated carbocycles. The quantitative estimate of drug-likeness (QED) is 0.132. The predicted octanol–water partition coefficient (Wildman–Crippen LogP) is 8.53. The molecule has 2 amide bonds. The van der Waals surface area contributed by atoms with Gasteiger partial charge in [0, 0.05) is 51.9 Å². The lowest BCUT2D eigenvalue weighted by atomic mass is 9.90. The van der Waals surface area contributed by atoms with Crippen LogP contribution in [-0.4, -0.2) is 69.1 Å². The lowest BCUT2D eigenvalue weighted by molar-refractivity contribution is -0.118. The Morgan fingerprint density at radius 3 is 2.19 bits per heavy atom. The largest absolute Gasteiger partial charge is 0.444 e. The molecule has 0 aliphatic carbocycles. The van der Waals surface area contributed by atoms with Crippen LogP contribution in [0.5, 0.6) is 0 Å². The van der Waals surface area contributed by atoms with Crippen molar-refractivity contribution in [3.8, 4) is 22.3 Å². The van der Waals surface area contributed by atoms with E-state index >= 15 is 0 Å². The number of rotatable bonds is 13. The highest BCUT2D eigenvalue weighted by Crippen LogP contribution is 2.35. The average molecular weight is 752 g/mol. The first-order valence-electron chi connectivity index (χ1n) is 17.4. The molecule has 10 nitrogen and oxygen atoms in total. The Morgan fingerprint density at radius 1 is 0.942 bits per heavy atom. The number of aryl methyl sites for hydroxylation is 1. The summed E-state index contributed by atoms with van der Waals surface area (Å²) in [5.41, 5.74) is 5.84. The predicted molar refractivity (Wildman–Crippen MR) is 215 cm³/mol. The molecule has 2 aromatic heterocycles. The Kier molecular flexibility index (Phi) is 13.1. The summed E-state index contributed by atoms with van der Waals surface area (Å²) in [6.07, 6.45) is 7.91. The molecule has 0 spiro atoms. The van der Waals surface area contributed by atoms with Gasteiger partial charge in [-0.05, 0) is 120 Å². The van der Waals surface area contributed by atoms with Crippen LogP contribution in [0.1, 0.15) is 70.5 Å². The summed E-state index contributed by atoms with van der Waals surface area (Å²) in [7, 11) is -0.632. The third-order valence-electron chi connectivity index (χ3n) is 8.65. The van der Waals surface area contributed by atoms with E-state index in [9.17, 15) is 14.4 Å². The van der Waals surface area contributed by atoms with E-state index in [0.29, 0.717) is 29.6 Å². The number of ether oxygens (including phenoxy) is 2. The second kappa shape index (κ2) is 16.7. The third-order valence-corrected chi connectivity index (χ3v) is 10.4. The van der Waals surface area contributed by atoms with E-state index in [1.54, 1.807) is 37.5 Å². The minimum absolute atomic E-state index is 0.0207. The van der Waals surface area contributed by atoms with Crippen LogP contribution in [0.15, 0.2) is 65.6 Å². The molecule has 52 heavy (non-hydrogen) atoms. The molecule has 4 aromatic rings. The molecule has 0 saturated heterocycles. The Bertz CT molecular complexity index is 1940. The third kappa shape index (κ3) is 10.7. The van der Waals surface area contributed by atoms with Gasteiger partial charge in [-0.25, -0.2) is 19.5 Å². The molecule has 0 radical (unpaired) electrons. The number of amides is 2. The number of anilines is 1. The van der Waals surface area contributed by atoms with Gasteiger partial charge in [0.1, 0.15) is 18.4 Å². The Hall–Kier alpha value is -4.06. The minimum atomic E-state index is -1.05. The molecule has 2 atom stereocenters. The first kappa shape index (κ1) is 40.7. The number of nitrogens with zero attached hydrogens (tertiary/aromatic N) is 3. The van der Waals surface area contributed by atoms with Gasteiger partial charge in [-0.2, -0.15) is 5.10 Å². The minimum Gasteiger partial charge on any atom is -0.444 e. The van der Waals surface area contributed by atoms with E-state index < -0.39 is 39.6 Å². The van der Waals surface area contributed by atoms with E-state index in [-0.39, 0.29) is 11.6 Å². The summed E-state index contributed by atoms with van der Waals surface area (Å²) < 4.78 is 15.0. The lowest BCUT2D eigenvalue weighted by Gasteiger charge is -2.28. The zero-order valence-electron chi connectivity index (χ0n) is 32.3. The van der Waals surface area contributed by atoms with Gasteiger partial charge >= 0.3 is 6.09 Å². The molecular weight excluding hydrogens is 698 g/mol. The van der Waals surface area contributed by atoms with Gasteiger partial charge in [0.2, 0.25) is 5.91 Å². The zero-order chi connectivity index (χ0) is 38.5. The lowest BCUT2D eigenvalue weighted by Crippen LogP contribution is -2.48. The number of nitrogens with one attached hydrogen (secondary N) is 2. The van der Waals surface area contributed by atoms with Crippen molar-refractivity contribution in [1.82, 2.24) is 19.7 Å². The highest BCUT2D eigenvalue weighted by Gasteiger charge is 2.32. The first-order valence-corrected chi connectivity index (χ1v) is 20.8. The van der Waals surface area contributed by atoms with Gasteiger partial charge in [-0.3, -0.25) is 9.59 Å². The first-order chi connectivity index (χ1) is 24.2. The summed E-state index contributed by atoms with van der Waals surface area (Å²) in [5, 5.41) is 10.9. The van der Waals surface area contributed by atoms with Gasteiger partial charge in [-0.15, -0.1) is 0 Å². The van der Waals surface area contributed by atoms with Gasteiger partial charge in [0.25, 0.3) is 5.56 Å². The normalized spacial score (nSPS) is 13.5. The number of aromatic nitrogens is 3. The topological polar surface area (TPSA) is 116 Å². The van der Waals surface area contributed by atoms with E-state index in [1.165, 1.54) is 6.07 Å². The number of halogens is 1. The molecule has 0 aliphatic heterocycles. The van der Waals surface area contributed by atoms with Gasteiger partial charge in [0.05, 0.1) is 12.3 Å². The molecule has 0 bridgehead atoms. The zero-order valence-corrected chi connectivity index (χ0v) is 33.9. The van der Waals surface area contributed by atoms with E-state index in [1.807, 2.05) is 81.9 Å². The highest BCUT2D eigenvalue weighted by atomic mass is 35.5. The molecule has 12 heteroatoms. The van der Waals surface area contributed by atoms with Crippen molar-refractivity contribution in [3.63, 3.8) is 0 Å². The molecule has 2 N–H and O–H groups in total. The number of pyridine rings is 1. The van der Waals surface area contributed by atoms with Crippen molar-refractivity contribution in [2.24, 2.45) is 0 Å². The monoisotopic (exact) mass is 751 g/mol. The summed E-state index contributed by atoms with van der Waals surface area (Å²) in [5.74, 6) is 0.0310. The van der Waals surface area contributed by atoms with Crippen LogP contribution in [0.3, 0.4) is 0 Å². The molecule has 0 fully saturated rings. The molecular formula is C40H54ClN5O5S. The maximum Gasteiger partial charge on any atom is 0.408 e. The van der Waals surface area contributed by atoms with Crippen molar-refractivity contribution in [3.05, 3.63) is 93.1 Å². The van der Waals surface area contributed by atoms with Crippen LogP contribution in [-0.2, 0) is 21.0 Å². The van der Waals surface area contributed by atoms with Crippen molar-refractivity contribution in [2.75, 3.05) is 36.4 Å². The number of benzene rings is 2. The molecule has 4 rings (SSSR count). The summed E-state index contributed by atoms with van der Waals surface area (Å²) in [4.78, 5) is 39.5. The fraction of sp³-hybridized carbons (Fsp3) is 0.450. The fourth-order valence-corrected chi connectivity index (χ4v) is 6.73. The SMILES string of the molecule is Cc1nn(COCCS(C)(C)C)c(C)c1-c1ccc(NC(=O)[C@@H](NC(=O)OC(C)(C)C)C(C)c2cc(-c3ccc(=O)n(C(C)C)c3)ccc2Cl)cc1. The van der Waals surface area contributed by atoms with Crippen molar-refractivity contribution in [1.29, 1.82) is 0 Å². The fourth-order valence-electron chi connectivity index (χ4n) is 5.82. The number of hydrogen-bond acceptors (Lipinski definition) is 6. The maximum absolute atomic E-state index is 14.0. The smallest absolute Gasteiger partial charge is 0.408 e. The van der Waals surface area contributed by atoms with Crippen molar-refractivity contribution in [2.45, 2.75) is 85.7 Å². The second-order valence-corrected chi connectivity index (χ2v) is 20.3. The Balaban J connectivity index is 1.58. The molecule has 2 aromatic carbocycles. The summed E-state index contributed by atoms with van der Waals surface area (Å²) >= 11 is 6.75. The van der Waals surface area contributed by atoms with E-state index in [2.05, 4.69) is 29.4 Å². The van der Waals surface area contributed by atoms with Crippen molar-refractivity contribution < 1.29 is 19.1 Å². The average Bonchev–Trinajstić information content (AvgIpc) is 3.33. The second-order valence-electron chi connectivity index (χ2n) is 15.4. The van der Waals surface area contributed by atoms with Crippen LogP contribution in [0.25, 0.3) is 22.3 Å². The van der Waals surface area contributed by atoms with Gasteiger partial charge in [-0.1, -0.05) is 36.7 Å². The number of carbonyl (C=O) groups is 2. The van der Waals surface area contributed by atoms with Crippen LogP contribution < -0.4 is 16.2 Å². The Labute approximate surface area is 314 Å². The summed E-state index contributed by atoms with van der Waals surface area (Å²) in [6.45, 7) is 16.1. The van der Waals surface area contributed by atoms with Crippen molar-refractivity contribution >= 4 is 39.3 Å². The van der Waals surface area contributed by atoms with Crippen LogP contribution in [0.4, 0.5) is 10.5 Å². The van der Waals surface area contributed by atoms with Crippen LogP contribution in [0.2, 0.25) is 5.02 Å². The summed E-state index contributed by atoms with van der Waals surface area (Å²) in [6, 6.07) is 15.3. The molecule has 2 heterocycles. The molecule has 1 unspecified atom stereocenters. The maximum atomic E-state index is 14.0. The van der Waals surface area contributed by atoms with Crippen LogP contribution >= 0.6 is 21.6 Å². The Morgan fingerprint density at radius 2 is 1.58 bits per heavy atom. The number of carbonyl (C=O) groups excluding carboxylic acids is 2. The van der Waals surface area contributed by atoms with E-state index in [4.69, 9.17) is 26.2 Å². The standard InChI is InChI=1S/C40H54ClN5O5S/c1-25(2)45-23-31(15-19-35(45)47)30-14-18-34(41)33(22-30)26(3)37(43-39(49)51-40(6,7)8)38(48)42-32-16-12-29(13-17-32)36-27(4)44-46(28(36)5)24-50-20-21-52(9,10)11/h12-19,22-23,25-26,37H,20-21,24H2,1-11H3,(H,42,48)(H,43,49)/t26?,37-/m0/s1. The number of alkyl carbamates (subject to hydrolysis) is 1. The highest BCUT2D eigenvalue weighted by molar-refractivity contribution is 8.32. The van der Waals surface area contributed by atoms with Gasteiger partial charge < -0.3 is 24.7 Å². The van der Waals surface area contributed by atoms with E-state index in [0.717, 1.165) is 39.4 Å². The number of hydrogen-bond donors (Lipinski definition) is 2. The molecule has 282 valence electrons.